The zero-order valence-electron chi connectivity index (χ0n) is 19.9. The summed E-state index contributed by atoms with van der Waals surface area (Å²) in [6, 6.07) is 21.0. The lowest BCUT2D eigenvalue weighted by atomic mass is 10.0. The van der Waals surface area contributed by atoms with Crippen LogP contribution in [0.25, 0.3) is 11.3 Å². The first kappa shape index (κ1) is 25.1. The Morgan fingerprint density at radius 3 is 2.78 bits per heavy atom. The third-order valence-corrected chi connectivity index (χ3v) is 7.20. The topological polar surface area (TPSA) is 70.4 Å². The number of furan rings is 1. The van der Waals surface area contributed by atoms with Crippen molar-refractivity contribution in [2.24, 2.45) is 0 Å². The SMILES string of the molecule is Cc1cccc(NC(=O)CCN2C(=S)NC(c3ccccn3)C2c2ccc(-c3ccc(F)cc3Br)o2)c1. The first-order valence-corrected chi connectivity index (χ1v) is 13.0. The van der Waals surface area contributed by atoms with Crippen LogP contribution in [0.4, 0.5) is 10.1 Å². The molecule has 9 heteroatoms. The lowest BCUT2D eigenvalue weighted by Gasteiger charge is -2.25. The molecule has 1 saturated heterocycles. The molecule has 4 aromatic rings. The van der Waals surface area contributed by atoms with Gasteiger partial charge in [0.1, 0.15) is 23.4 Å². The van der Waals surface area contributed by atoms with Crippen LogP contribution in [0.15, 0.2) is 87.9 Å². The summed E-state index contributed by atoms with van der Waals surface area (Å²) in [7, 11) is 0. The Bertz CT molecular complexity index is 1450. The van der Waals surface area contributed by atoms with E-state index in [1.165, 1.54) is 12.1 Å². The van der Waals surface area contributed by atoms with Crippen molar-refractivity contribution in [2.45, 2.75) is 25.4 Å². The molecule has 0 aliphatic carbocycles. The van der Waals surface area contributed by atoms with Gasteiger partial charge in [0, 0.05) is 34.9 Å². The number of rotatable bonds is 7. The molecule has 2 aromatic carbocycles. The van der Waals surface area contributed by atoms with Crippen LogP contribution >= 0.6 is 28.1 Å². The van der Waals surface area contributed by atoms with Gasteiger partial charge in [-0.1, -0.05) is 18.2 Å². The summed E-state index contributed by atoms with van der Waals surface area (Å²) in [5.41, 5.74) is 3.38. The number of carbonyl (C=O) groups excluding carboxylic acids is 1. The van der Waals surface area contributed by atoms with E-state index in [1.54, 1.807) is 12.3 Å². The van der Waals surface area contributed by atoms with Crippen LogP contribution in [0.1, 0.15) is 35.5 Å². The summed E-state index contributed by atoms with van der Waals surface area (Å²) >= 11 is 9.11. The molecule has 188 valence electrons. The fourth-order valence-corrected chi connectivity index (χ4v) is 5.35. The van der Waals surface area contributed by atoms with E-state index < -0.39 is 0 Å². The average Bonchev–Trinajstić information content (AvgIpc) is 3.47. The number of carbonyl (C=O) groups is 1. The lowest BCUT2D eigenvalue weighted by Crippen LogP contribution is -2.32. The molecule has 0 radical (unpaired) electrons. The van der Waals surface area contributed by atoms with Gasteiger partial charge in [-0.3, -0.25) is 9.78 Å². The van der Waals surface area contributed by atoms with Crippen LogP contribution in [0.3, 0.4) is 0 Å². The molecule has 5 rings (SSSR count). The highest BCUT2D eigenvalue weighted by molar-refractivity contribution is 9.10. The predicted molar refractivity (Wildman–Crippen MR) is 148 cm³/mol. The minimum Gasteiger partial charge on any atom is -0.459 e. The van der Waals surface area contributed by atoms with E-state index in [2.05, 4.69) is 31.5 Å². The molecule has 0 bridgehead atoms. The number of pyridine rings is 1. The van der Waals surface area contributed by atoms with Gasteiger partial charge in [0.15, 0.2) is 5.11 Å². The van der Waals surface area contributed by atoms with Gasteiger partial charge in [0.05, 0.1) is 11.7 Å². The maximum Gasteiger partial charge on any atom is 0.226 e. The summed E-state index contributed by atoms with van der Waals surface area (Å²) in [6.45, 7) is 2.36. The highest BCUT2D eigenvalue weighted by atomic mass is 79.9. The van der Waals surface area contributed by atoms with Crippen LogP contribution in [-0.4, -0.2) is 27.4 Å². The quantitative estimate of drug-likeness (QED) is 0.242. The second-order valence-corrected chi connectivity index (χ2v) is 10.1. The molecule has 0 spiro atoms. The van der Waals surface area contributed by atoms with Gasteiger partial charge >= 0.3 is 0 Å². The summed E-state index contributed by atoms with van der Waals surface area (Å²) in [5.74, 6) is 0.812. The highest BCUT2D eigenvalue weighted by Gasteiger charge is 2.41. The first-order valence-electron chi connectivity index (χ1n) is 11.8. The summed E-state index contributed by atoms with van der Waals surface area (Å²) < 4.78 is 20.5. The Labute approximate surface area is 228 Å². The van der Waals surface area contributed by atoms with Crippen molar-refractivity contribution < 1.29 is 13.6 Å². The number of nitrogens with zero attached hydrogens (tertiary/aromatic N) is 2. The van der Waals surface area contributed by atoms with Crippen LogP contribution in [0.5, 0.6) is 0 Å². The minimum atomic E-state index is -0.335. The van der Waals surface area contributed by atoms with E-state index >= 15 is 0 Å². The number of nitrogens with one attached hydrogen (secondary N) is 2. The van der Waals surface area contributed by atoms with Crippen LogP contribution in [-0.2, 0) is 4.79 Å². The first-order chi connectivity index (χ1) is 17.9. The zero-order chi connectivity index (χ0) is 25.9. The zero-order valence-corrected chi connectivity index (χ0v) is 22.4. The smallest absolute Gasteiger partial charge is 0.226 e. The molecule has 0 saturated carbocycles. The van der Waals surface area contributed by atoms with Gasteiger partial charge in [-0.25, -0.2) is 4.39 Å². The Kier molecular flexibility index (Phi) is 7.34. The molecule has 1 aliphatic heterocycles. The van der Waals surface area contributed by atoms with E-state index in [0.717, 1.165) is 22.5 Å². The number of amides is 1. The number of aryl methyl sites for hydroxylation is 1. The Morgan fingerprint density at radius 1 is 1.16 bits per heavy atom. The number of thiocarbonyl (C=S) groups is 1. The van der Waals surface area contributed by atoms with Crippen molar-refractivity contribution in [3.63, 3.8) is 0 Å². The van der Waals surface area contributed by atoms with E-state index in [4.69, 9.17) is 16.6 Å². The summed E-state index contributed by atoms with van der Waals surface area (Å²) in [6.07, 6.45) is 1.97. The van der Waals surface area contributed by atoms with Gasteiger partial charge in [-0.2, -0.15) is 0 Å². The molecule has 3 heterocycles. The molecular formula is C28H24BrFN4O2S. The third kappa shape index (κ3) is 5.57. The standard InChI is InChI=1S/C28H24BrFN4O2S/c1-17-5-4-6-19(15-17)32-25(35)12-14-34-27(26(33-28(34)37)22-7-2-3-13-31-22)24-11-10-23(36-24)20-9-8-18(30)16-21(20)29/h2-11,13,15-16,26-27H,12,14H2,1H3,(H,32,35)(H,33,37). The van der Waals surface area contributed by atoms with Gasteiger partial charge in [-0.05, 0) is 95.2 Å². The third-order valence-electron chi connectivity index (χ3n) is 6.19. The Hall–Kier alpha value is -3.56. The molecule has 2 aromatic heterocycles. The fraction of sp³-hybridized carbons (Fsp3) is 0.179. The molecule has 2 N–H and O–H groups in total. The second-order valence-electron chi connectivity index (χ2n) is 8.81. The number of benzene rings is 2. The number of hydrogen-bond donors (Lipinski definition) is 2. The van der Waals surface area contributed by atoms with E-state index in [0.29, 0.717) is 27.7 Å². The van der Waals surface area contributed by atoms with Crippen LogP contribution < -0.4 is 10.6 Å². The second kappa shape index (κ2) is 10.8. The van der Waals surface area contributed by atoms with E-state index in [9.17, 15) is 9.18 Å². The molecule has 1 fully saturated rings. The number of anilines is 1. The molecule has 6 nitrogen and oxygen atoms in total. The van der Waals surface area contributed by atoms with Crippen molar-refractivity contribution >= 4 is 44.9 Å². The molecule has 1 aliphatic rings. The van der Waals surface area contributed by atoms with Gasteiger partial charge in [-0.15, -0.1) is 0 Å². The average molecular weight is 579 g/mol. The predicted octanol–water partition coefficient (Wildman–Crippen LogP) is 6.55. The van der Waals surface area contributed by atoms with Crippen molar-refractivity contribution in [3.05, 3.63) is 106 Å². The maximum atomic E-state index is 13.6. The van der Waals surface area contributed by atoms with Crippen molar-refractivity contribution in [1.29, 1.82) is 0 Å². The van der Waals surface area contributed by atoms with Gasteiger partial charge in [0.25, 0.3) is 0 Å². The minimum absolute atomic E-state index is 0.108. The molecule has 2 unspecified atom stereocenters. The fourth-order valence-electron chi connectivity index (χ4n) is 4.47. The van der Waals surface area contributed by atoms with Crippen molar-refractivity contribution in [2.75, 3.05) is 11.9 Å². The maximum absolute atomic E-state index is 13.6. The van der Waals surface area contributed by atoms with Gasteiger partial charge < -0.3 is 20.0 Å². The van der Waals surface area contributed by atoms with Crippen molar-refractivity contribution in [1.82, 2.24) is 15.2 Å². The summed E-state index contributed by atoms with van der Waals surface area (Å²) in [5, 5.41) is 6.83. The largest absolute Gasteiger partial charge is 0.459 e. The number of hydrogen-bond acceptors (Lipinski definition) is 4. The van der Waals surface area contributed by atoms with E-state index in [1.807, 2.05) is 66.4 Å². The lowest BCUT2D eigenvalue weighted by molar-refractivity contribution is -0.116. The van der Waals surface area contributed by atoms with Gasteiger partial charge in [0.2, 0.25) is 5.91 Å². The molecular weight excluding hydrogens is 555 g/mol. The van der Waals surface area contributed by atoms with Crippen molar-refractivity contribution in [3.8, 4) is 11.3 Å². The molecule has 1 amide bonds. The number of halogens is 2. The molecule has 37 heavy (non-hydrogen) atoms. The van der Waals surface area contributed by atoms with Crippen LogP contribution in [0.2, 0.25) is 0 Å². The normalized spacial score (nSPS) is 17.1. The highest BCUT2D eigenvalue weighted by Crippen LogP contribution is 2.41. The molecule has 2 atom stereocenters. The monoisotopic (exact) mass is 578 g/mol. The Morgan fingerprint density at radius 2 is 2.03 bits per heavy atom. The Balaban J connectivity index is 1.41. The number of aromatic nitrogens is 1. The van der Waals surface area contributed by atoms with E-state index in [-0.39, 0.29) is 30.2 Å². The van der Waals surface area contributed by atoms with Crippen LogP contribution in [0, 0.1) is 12.7 Å². The summed E-state index contributed by atoms with van der Waals surface area (Å²) in [4.78, 5) is 19.3.